The number of esters is 1. The summed E-state index contributed by atoms with van der Waals surface area (Å²) in [6.07, 6.45) is 3.19. The normalized spacial score (nSPS) is 9.74. The Kier molecular flexibility index (Phi) is 7.09. The first-order valence-corrected chi connectivity index (χ1v) is 8.37. The van der Waals surface area contributed by atoms with Gasteiger partial charge in [-0.2, -0.15) is 5.26 Å². The Balaban J connectivity index is 2.21. The largest absolute Gasteiger partial charge is 0.452 e. The molecule has 0 atom stereocenters. The van der Waals surface area contributed by atoms with E-state index in [0.29, 0.717) is 35.3 Å². The Morgan fingerprint density at radius 3 is 2.22 bits per heavy atom. The number of hydrogen-bond acceptors (Lipinski definition) is 4. The van der Waals surface area contributed by atoms with E-state index in [0.717, 1.165) is 0 Å². The lowest BCUT2D eigenvalue weighted by atomic mass is 9.96. The van der Waals surface area contributed by atoms with Crippen LogP contribution in [0, 0.1) is 11.3 Å². The number of nitrogens with zero attached hydrogens (tertiary/aromatic N) is 2. The molecule has 0 saturated heterocycles. The van der Waals surface area contributed by atoms with Crippen LogP contribution in [-0.4, -0.2) is 36.5 Å². The van der Waals surface area contributed by atoms with Gasteiger partial charge in [-0.05, 0) is 17.7 Å². The lowest BCUT2D eigenvalue weighted by molar-refractivity contribution is -0.133. The molecule has 0 spiro atoms. The predicted octanol–water partition coefficient (Wildman–Crippen LogP) is 3.58. The lowest BCUT2D eigenvalue weighted by Crippen LogP contribution is -2.35. The molecule has 136 valence electrons. The minimum absolute atomic E-state index is 0.298. The highest BCUT2D eigenvalue weighted by molar-refractivity contribution is 5.98. The molecule has 0 aliphatic carbocycles. The molecule has 1 amide bonds. The van der Waals surface area contributed by atoms with Gasteiger partial charge >= 0.3 is 5.97 Å². The summed E-state index contributed by atoms with van der Waals surface area (Å²) in [5, 5.41) is 9.32. The monoisotopic (exact) mass is 360 g/mol. The van der Waals surface area contributed by atoms with Crippen molar-refractivity contribution in [1.82, 2.24) is 4.90 Å². The number of amides is 1. The Bertz CT molecular complexity index is 886. The van der Waals surface area contributed by atoms with Crippen molar-refractivity contribution in [2.45, 2.75) is 0 Å². The summed E-state index contributed by atoms with van der Waals surface area (Å²) in [5.41, 5.74) is 1.98. The van der Waals surface area contributed by atoms with E-state index in [-0.39, 0.29) is 12.5 Å². The average molecular weight is 360 g/mol. The maximum absolute atomic E-state index is 12.6. The van der Waals surface area contributed by atoms with Crippen LogP contribution in [0.5, 0.6) is 0 Å². The van der Waals surface area contributed by atoms with Crippen LogP contribution in [-0.2, 0) is 9.53 Å². The molecule has 5 heteroatoms. The SMILES string of the molecule is C=CCN(CC=C)C(=O)COC(=O)c1ccccc1-c1ccccc1C#N. The third kappa shape index (κ3) is 4.93. The fraction of sp³-hybridized carbons (Fsp3) is 0.136. The molecule has 0 aliphatic heterocycles. The van der Waals surface area contributed by atoms with E-state index in [1.54, 1.807) is 60.7 Å². The third-order valence-electron chi connectivity index (χ3n) is 3.86. The first kappa shape index (κ1) is 19.7. The molecule has 0 bridgehead atoms. The van der Waals surface area contributed by atoms with Crippen LogP contribution in [0.3, 0.4) is 0 Å². The molecular formula is C22H20N2O3. The van der Waals surface area contributed by atoms with Gasteiger partial charge in [-0.25, -0.2) is 4.79 Å². The van der Waals surface area contributed by atoms with E-state index in [2.05, 4.69) is 19.2 Å². The zero-order chi connectivity index (χ0) is 19.6. The summed E-state index contributed by atoms with van der Waals surface area (Å²) in [6, 6.07) is 16.0. The van der Waals surface area contributed by atoms with Gasteiger partial charge in [0.1, 0.15) is 0 Å². The van der Waals surface area contributed by atoms with Gasteiger partial charge in [0, 0.05) is 18.7 Å². The topological polar surface area (TPSA) is 70.4 Å². The molecule has 2 rings (SSSR count). The first-order chi connectivity index (χ1) is 13.1. The predicted molar refractivity (Wildman–Crippen MR) is 104 cm³/mol. The quantitative estimate of drug-likeness (QED) is 0.533. The number of ether oxygens (including phenoxy) is 1. The Hall–Kier alpha value is -3.65. The zero-order valence-electron chi connectivity index (χ0n) is 14.9. The second kappa shape index (κ2) is 9.73. The van der Waals surface area contributed by atoms with E-state index in [9.17, 15) is 14.9 Å². The fourth-order valence-corrected chi connectivity index (χ4v) is 2.60. The minimum Gasteiger partial charge on any atom is -0.452 e. The number of nitriles is 1. The van der Waals surface area contributed by atoms with Gasteiger partial charge in [-0.3, -0.25) is 4.79 Å². The van der Waals surface area contributed by atoms with Crippen molar-refractivity contribution in [2.75, 3.05) is 19.7 Å². The summed E-state index contributed by atoms with van der Waals surface area (Å²) in [7, 11) is 0. The summed E-state index contributed by atoms with van der Waals surface area (Å²) in [5.74, 6) is -0.957. The smallest absolute Gasteiger partial charge is 0.339 e. The van der Waals surface area contributed by atoms with Gasteiger partial charge in [0.15, 0.2) is 6.61 Å². The van der Waals surface area contributed by atoms with Gasteiger partial charge in [0.2, 0.25) is 0 Å². The van der Waals surface area contributed by atoms with Crippen LogP contribution in [0.25, 0.3) is 11.1 Å². The van der Waals surface area contributed by atoms with Gasteiger partial charge in [-0.15, -0.1) is 13.2 Å². The van der Waals surface area contributed by atoms with Crippen LogP contribution in [0.4, 0.5) is 0 Å². The van der Waals surface area contributed by atoms with E-state index in [1.165, 1.54) is 4.90 Å². The highest BCUT2D eigenvalue weighted by Crippen LogP contribution is 2.27. The molecule has 0 saturated carbocycles. The van der Waals surface area contributed by atoms with Crippen molar-refractivity contribution in [3.8, 4) is 17.2 Å². The van der Waals surface area contributed by atoms with E-state index in [4.69, 9.17) is 4.74 Å². The van der Waals surface area contributed by atoms with Crippen LogP contribution < -0.4 is 0 Å². The molecule has 0 heterocycles. The highest BCUT2D eigenvalue weighted by atomic mass is 16.5. The van der Waals surface area contributed by atoms with Crippen LogP contribution >= 0.6 is 0 Å². The summed E-state index contributed by atoms with van der Waals surface area (Å²) >= 11 is 0. The van der Waals surface area contributed by atoms with Gasteiger partial charge in [-0.1, -0.05) is 48.6 Å². The van der Waals surface area contributed by atoms with Gasteiger partial charge in [0.05, 0.1) is 17.2 Å². The highest BCUT2D eigenvalue weighted by Gasteiger charge is 2.18. The standard InChI is InChI=1S/C22H20N2O3/c1-3-13-24(14-4-2)21(25)16-27-22(26)20-12-8-7-11-19(20)18-10-6-5-9-17(18)15-23/h3-12H,1-2,13-14,16H2. The van der Waals surface area contributed by atoms with Crippen molar-refractivity contribution in [3.05, 3.63) is 85.0 Å². The van der Waals surface area contributed by atoms with Crippen molar-refractivity contribution in [2.24, 2.45) is 0 Å². The molecular weight excluding hydrogens is 340 g/mol. The first-order valence-electron chi connectivity index (χ1n) is 8.37. The van der Waals surface area contributed by atoms with Gasteiger partial charge < -0.3 is 9.64 Å². The van der Waals surface area contributed by atoms with Crippen molar-refractivity contribution in [3.63, 3.8) is 0 Å². The van der Waals surface area contributed by atoms with E-state index in [1.807, 2.05) is 0 Å². The van der Waals surface area contributed by atoms with Crippen LogP contribution in [0.2, 0.25) is 0 Å². The molecule has 0 fully saturated rings. The lowest BCUT2D eigenvalue weighted by Gasteiger charge is -2.19. The van der Waals surface area contributed by atoms with Crippen molar-refractivity contribution >= 4 is 11.9 Å². The van der Waals surface area contributed by atoms with Crippen LogP contribution in [0.15, 0.2) is 73.8 Å². The Labute approximate surface area is 158 Å². The number of carbonyl (C=O) groups is 2. The fourth-order valence-electron chi connectivity index (χ4n) is 2.60. The minimum atomic E-state index is -0.621. The second-order valence-electron chi connectivity index (χ2n) is 5.66. The second-order valence-corrected chi connectivity index (χ2v) is 5.66. The summed E-state index contributed by atoms with van der Waals surface area (Å²) < 4.78 is 5.22. The molecule has 2 aromatic rings. The maximum atomic E-state index is 12.6. The number of benzene rings is 2. The van der Waals surface area contributed by atoms with E-state index >= 15 is 0 Å². The van der Waals surface area contributed by atoms with Crippen molar-refractivity contribution < 1.29 is 14.3 Å². The third-order valence-corrected chi connectivity index (χ3v) is 3.86. The number of rotatable bonds is 8. The van der Waals surface area contributed by atoms with Gasteiger partial charge in [0.25, 0.3) is 5.91 Å². The summed E-state index contributed by atoms with van der Waals surface area (Å²) in [6.45, 7) is 7.52. The molecule has 5 nitrogen and oxygen atoms in total. The molecule has 0 N–H and O–H groups in total. The van der Waals surface area contributed by atoms with E-state index < -0.39 is 5.97 Å². The molecule has 0 unspecified atom stereocenters. The zero-order valence-corrected chi connectivity index (χ0v) is 14.9. The molecule has 0 aliphatic rings. The van der Waals surface area contributed by atoms with Crippen LogP contribution in [0.1, 0.15) is 15.9 Å². The maximum Gasteiger partial charge on any atom is 0.339 e. The average Bonchev–Trinajstić information content (AvgIpc) is 2.71. The molecule has 27 heavy (non-hydrogen) atoms. The Morgan fingerprint density at radius 2 is 1.59 bits per heavy atom. The Morgan fingerprint density at radius 1 is 1.00 bits per heavy atom. The number of hydrogen-bond donors (Lipinski definition) is 0. The molecule has 0 aromatic heterocycles. The summed E-state index contributed by atoms with van der Waals surface area (Å²) in [4.78, 5) is 26.3. The number of carbonyl (C=O) groups excluding carboxylic acids is 2. The molecule has 0 radical (unpaired) electrons. The molecule has 2 aromatic carbocycles. The van der Waals surface area contributed by atoms with Crippen molar-refractivity contribution in [1.29, 1.82) is 5.26 Å².